The lowest BCUT2D eigenvalue weighted by Crippen LogP contribution is -2.33. The van der Waals surface area contributed by atoms with Gasteiger partial charge in [0.25, 0.3) is 0 Å². The molecule has 0 radical (unpaired) electrons. The van der Waals surface area contributed by atoms with Crippen LogP contribution < -0.4 is 0 Å². The molecule has 0 N–H and O–H groups in total. The van der Waals surface area contributed by atoms with Crippen LogP contribution in [0, 0.1) is 0 Å². The highest BCUT2D eigenvalue weighted by molar-refractivity contribution is 5.03. The van der Waals surface area contributed by atoms with Gasteiger partial charge in [0.2, 0.25) is 0 Å². The van der Waals surface area contributed by atoms with Gasteiger partial charge in [0, 0.05) is 19.6 Å². The average Bonchev–Trinajstić information content (AvgIpc) is 2.09. The first-order valence-electron chi connectivity index (χ1n) is 4.74. The molecule has 1 heterocycles. The van der Waals surface area contributed by atoms with Crippen molar-refractivity contribution >= 4 is 0 Å². The Morgan fingerprint density at radius 3 is 2.92 bits per heavy atom. The molecule has 12 heavy (non-hydrogen) atoms. The maximum Gasteiger partial charge on any atom is 0.112 e. The van der Waals surface area contributed by atoms with Crippen LogP contribution in [0.15, 0.2) is 11.6 Å². The monoisotopic (exact) mass is 171 g/mol. The average molecular weight is 171 g/mol. The van der Waals surface area contributed by atoms with Crippen LogP contribution in [-0.2, 0) is 0 Å². The quantitative estimate of drug-likeness (QED) is 0.589. The first-order chi connectivity index (χ1) is 5.72. The van der Waals surface area contributed by atoms with Gasteiger partial charge < -0.3 is 0 Å². The Morgan fingerprint density at radius 1 is 1.67 bits per heavy atom. The second kappa shape index (κ2) is 4.61. The second-order valence-electron chi connectivity index (χ2n) is 3.57. The lowest BCUT2D eigenvalue weighted by atomic mass is 10.1. The van der Waals surface area contributed by atoms with Gasteiger partial charge in [-0.15, -0.1) is 0 Å². The number of hydrogen-bond donors (Lipinski definition) is 0. The Labute approximate surface area is 74.3 Å². The Balaban J connectivity index is 2.27. The summed E-state index contributed by atoms with van der Waals surface area (Å²) in [4.78, 5) is 2.18. The van der Waals surface area contributed by atoms with Gasteiger partial charge in [-0.05, 0) is 19.8 Å². The Hall–Kier alpha value is -0.370. The molecule has 1 nitrogen and oxygen atoms in total. The van der Waals surface area contributed by atoms with Crippen LogP contribution in [-0.4, -0.2) is 30.7 Å². The molecule has 0 amide bonds. The molecule has 70 valence electrons. The molecule has 0 aromatic heterocycles. The molecule has 1 aliphatic heterocycles. The lowest BCUT2D eigenvalue weighted by molar-refractivity contribution is 0.197. The van der Waals surface area contributed by atoms with Crippen LogP contribution in [0.5, 0.6) is 0 Å². The number of hydrogen-bond acceptors (Lipinski definition) is 1. The molecular weight excluding hydrogens is 153 g/mol. The molecule has 0 saturated heterocycles. The summed E-state index contributed by atoms with van der Waals surface area (Å²) in [6, 6.07) is 0. The van der Waals surface area contributed by atoms with Crippen molar-refractivity contribution in [2.24, 2.45) is 0 Å². The van der Waals surface area contributed by atoms with Gasteiger partial charge in [-0.1, -0.05) is 18.6 Å². The van der Waals surface area contributed by atoms with Crippen LogP contribution in [0.1, 0.15) is 26.7 Å². The fourth-order valence-electron chi connectivity index (χ4n) is 1.39. The maximum absolute atomic E-state index is 13.0. The predicted octanol–water partition coefficient (Wildman–Crippen LogP) is 2.39. The van der Waals surface area contributed by atoms with Gasteiger partial charge in [0.1, 0.15) is 6.17 Å². The molecule has 0 aromatic carbocycles. The van der Waals surface area contributed by atoms with Crippen LogP contribution >= 0.6 is 0 Å². The molecule has 1 unspecified atom stereocenters. The number of halogens is 1. The van der Waals surface area contributed by atoms with E-state index >= 15 is 0 Å². The van der Waals surface area contributed by atoms with E-state index in [4.69, 9.17) is 0 Å². The summed E-state index contributed by atoms with van der Waals surface area (Å²) in [7, 11) is 0. The highest BCUT2D eigenvalue weighted by atomic mass is 19.1. The van der Waals surface area contributed by atoms with Crippen LogP contribution in [0.3, 0.4) is 0 Å². The van der Waals surface area contributed by atoms with E-state index in [1.165, 1.54) is 5.57 Å². The van der Waals surface area contributed by atoms with Crippen molar-refractivity contribution in [3.63, 3.8) is 0 Å². The van der Waals surface area contributed by atoms with E-state index < -0.39 is 6.17 Å². The number of nitrogens with zero attached hydrogens (tertiary/aromatic N) is 1. The number of alkyl halides is 1. The van der Waals surface area contributed by atoms with Gasteiger partial charge >= 0.3 is 0 Å². The van der Waals surface area contributed by atoms with E-state index in [2.05, 4.69) is 17.9 Å². The third-order valence-corrected chi connectivity index (χ3v) is 2.42. The van der Waals surface area contributed by atoms with Gasteiger partial charge in [-0.25, -0.2) is 4.39 Å². The first kappa shape index (κ1) is 9.72. The fourth-order valence-corrected chi connectivity index (χ4v) is 1.39. The van der Waals surface area contributed by atoms with Crippen molar-refractivity contribution in [1.82, 2.24) is 4.90 Å². The van der Waals surface area contributed by atoms with Crippen LogP contribution in [0.4, 0.5) is 4.39 Å². The number of rotatable bonds is 3. The summed E-state index contributed by atoms with van der Waals surface area (Å²) < 4.78 is 13.0. The van der Waals surface area contributed by atoms with E-state index in [0.717, 1.165) is 19.5 Å². The zero-order valence-corrected chi connectivity index (χ0v) is 8.02. The molecule has 0 saturated carbocycles. The van der Waals surface area contributed by atoms with E-state index in [1.807, 2.05) is 6.92 Å². The minimum absolute atomic E-state index is 0.611. The van der Waals surface area contributed by atoms with E-state index in [1.54, 1.807) is 0 Å². The van der Waals surface area contributed by atoms with Crippen molar-refractivity contribution in [1.29, 1.82) is 0 Å². The Kier molecular flexibility index (Phi) is 3.73. The molecule has 0 fully saturated rings. The van der Waals surface area contributed by atoms with Crippen LogP contribution in [0.2, 0.25) is 0 Å². The summed E-state index contributed by atoms with van der Waals surface area (Å²) >= 11 is 0. The summed E-state index contributed by atoms with van der Waals surface area (Å²) in [6.07, 6.45) is 3.30. The molecule has 1 aliphatic rings. The molecule has 1 atom stereocenters. The highest BCUT2D eigenvalue weighted by Gasteiger charge is 2.13. The van der Waals surface area contributed by atoms with Crippen LogP contribution in [0.25, 0.3) is 0 Å². The Bertz CT molecular complexity index is 165. The summed E-state index contributed by atoms with van der Waals surface area (Å²) in [5.74, 6) is 0. The minimum Gasteiger partial charge on any atom is -0.296 e. The topological polar surface area (TPSA) is 3.24 Å². The summed E-state index contributed by atoms with van der Waals surface area (Å²) in [6.45, 7) is 6.62. The van der Waals surface area contributed by atoms with E-state index in [9.17, 15) is 4.39 Å². The minimum atomic E-state index is -0.642. The molecule has 0 aliphatic carbocycles. The third kappa shape index (κ3) is 2.94. The van der Waals surface area contributed by atoms with Crippen molar-refractivity contribution in [2.75, 3.05) is 19.6 Å². The lowest BCUT2D eigenvalue weighted by Gasteiger charge is -2.26. The van der Waals surface area contributed by atoms with Crippen molar-refractivity contribution in [3.8, 4) is 0 Å². The molecule has 0 bridgehead atoms. The van der Waals surface area contributed by atoms with Crippen molar-refractivity contribution in [2.45, 2.75) is 32.9 Å². The third-order valence-electron chi connectivity index (χ3n) is 2.42. The summed E-state index contributed by atoms with van der Waals surface area (Å²) in [5.41, 5.74) is 1.44. The van der Waals surface area contributed by atoms with Gasteiger partial charge in [-0.2, -0.15) is 0 Å². The van der Waals surface area contributed by atoms with E-state index in [-0.39, 0.29) is 0 Å². The zero-order chi connectivity index (χ0) is 8.97. The fraction of sp³-hybridized carbons (Fsp3) is 0.800. The SMILES string of the molecule is CCC(F)CN1CC=C(C)CC1. The maximum atomic E-state index is 13.0. The normalized spacial score (nSPS) is 22.1. The summed E-state index contributed by atoms with van der Waals surface area (Å²) in [5, 5.41) is 0. The smallest absolute Gasteiger partial charge is 0.112 e. The highest BCUT2D eigenvalue weighted by Crippen LogP contribution is 2.11. The molecule has 0 spiro atoms. The predicted molar refractivity (Wildman–Crippen MR) is 50.0 cm³/mol. The zero-order valence-electron chi connectivity index (χ0n) is 8.02. The second-order valence-corrected chi connectivity index (χ2v) is 3.57. The van der Waals surface area contributed by atoms with Crippen molar-refractivity contribution < 1.29 is 4.39 Å². The van der Waals surface area contributed by atoms with Gasteiger partial charge in [0.05, 0.1) is 0 Å². The Morgan fingerprint density at radius 2 is 2.42 bits per heavy atom. The molecule has 0 aromatic rings. The van der Waals surface area contributed by atoms with Gasteiger partial charge in [-0.3, -0.25) is 4.90 Å². The standard InChI is InChI=1S/C10H18FN/c1-3-10(11)8-12-6-4-9(2)5-7-12/h4,10H,3,5-8H2,1-2H3. The molecular formula is C10H18FN. The first-order valence-corrected chi connectivity index (χ1v) is 4.74. The molecule has 2 heteroatoms. The van der Waals surface area contributed by atoms with E-state index in [0.29, 0.717) is 13.0 Å². The molecule has 1 rings (SSSR count). The largest absolute Gasteiger partial charge is 0.296 e. The van der Waals surface area contributed by atoms with Crippen molar-refractivity contribution in [3.05, 3.63) is 11.6 Å². The van der Waals surface area contributed by atoms with Gasteiger partial charge in [0.15, 0.2) is 0 Å².